The van der Waals surface area contributed by atoms with Crippen LogP contribution in [0.5, 0.6) is 6.01 Å². The fourth-order valence-corrected chi connectivity index (χ4v) is 8.04. The molecule has 0 radical (unpaired) electrons. The first-order chi connectivity index (χ1) is 24.9. The molecule has 3 saturated heterocycles. The number of nitrogens with two attached hydrogens (primary N) is 1. The predicted octanol–water partition coefficient (Wildman–Crippen LogP) is 4.56. The van der Waals surface area contributed by atoms with Crippen molar-refractivity contribution in [1.82, 2.24) is 29.5 Å². The second-order valence-electron chi connectivity index (χ2n) is 13.9. The highest BCUT2D eigenvalue weighted by atomic mass is 35.5. The number of ether oxygens (including phenoxy) is 2. The third kappa shape index (κ3) is 6.99. The number of aromatic nitrogens is 4. The van der Waals surface area contributed by atoms with E-state index in [0.29, 0.717) is 68.0 Å². The zero-order valence-corrected chi connectivity index (χ0v) is 29.3. The summed E-state index contributed by atoms with van der Waals surface area (Å²) in [5.74, 6) is -1.03. The monoisotopic (exact) mass is 754 g/mol. The number of amides is 1. The van der Waals surface area contributed by atoms with E-state index < -0.39 is 41.1 Å². The number of aliphatic hydroxyl groups is 1. The van der Waals surface area contributed by atoms with Gasteiger partial charge in [0, 0.05) is 68.8 Å². The summed E-state index contributed by atoms with van der Waals surface area (Å²) in [5.41, 5.74) is 4.96. The van der Waals surface area contributed by atoms with Crippen LogP contribution in [0.4, 0.5) is 33.5 Å². The molecule has 3 unspecified atom stereocenters. The zero-order valence-electron chi connectivity index (χ0n) is 28.5. The van der Waals surface area contributed by atoms with Gasteiger partial charge in [-0.15, -0.1) is 0 Å². The Morgan fingerprint density at radius 1 is 1.15 bits per heavy atom. The molecule has 52 heavy (non-hydrogen) atoms. The van der Waals surface area contributed by atoms with Crippen LogP contribution in [0.25, 0.3) is 0 Å². The fourth-order valence-electron chi connectivity index (χ4n) is 7.77. The first-order valence-corrected chi connectivity index (χ1v) is 17.7. The summed E-state index contributed by atoms with van der Waals surface area (Å²) in [7, 11) is 1.37. The number of rotatable bonds is 5. The van der Waals surface area contributed by atoms with Crippen LogP contribution in [-0.4, -0.2) is 99.2 Å². The average molecular weight is 755 g/mol. The van der Waals surface area contributed by atoms with Gasteiger partial charge in [0.1, 0.15) is 12.0 Å². The molecule has 7 heterocycles. The molecule has 0 saturated carbocycles. The van der Waals surface area contributed by atoms with Gasteiger partial charge in [-0.3, -0.25) is 14.4 Å². The van der Waals surface area contributed by atoms with Crippen molar-refractivity contribution in [2.45, 2.75) is 76.3 Å². The highest BCUT2D eigenvalue weighted by Crippen LogP contribution is 2.43. The van der Waals surface area contributed by atoms with Crippen molar-refractivity contribution in [2.75, 3.05) is 57.1 Å². The van der Waals surface area contributed by atoms with Crippen molar-refractivity contribution in [2.24, 2.45) is 5.92 Å². The minimum absolute atomic E-state index is 0.00117. The van der Waals surface area contributed by atoms with E-state index in [2.05, 4.69) is 20.0 Å². The molecule has 282 valence electrons. The lowest BCUT2D eigenvalue weighted by atomic mass is 9.94. The van der Waals surface area contributed by atoms with E-state index in [9.17, 15) is 27.5 Å². The van der Waals surface area contributed by atoms with E-state index in [1.54, 1.807) is 9.58 Å². The van der Waals surface area contributed by atoms with Crippen LogP contribution in [0, 0.1) is 11.7 Å². The summed E-state index contributed by atoms with van der Waals surface area (Å²) in [6.45, 7) is 3.73. The van der Waals surface area contributed by atoms with Crippen molar-refractivity contribution in [3.8, 4) is 6.01 Å². The maximum Gasteiger partial charge on any atom is 0.416 e. The summed E-state index contributed by atoms with van der Waals surface area (Å²) in [6, 6.07) is 2.22. The van der Waals surface area contributed by atoms with Gasteiger partial charge < -0.3 is 30.1 Å². The summed E-state index contributed by atoms with van der Waals surface area (Å²) in [5, 5.41) is 14.0. The number of benzene rings is 1. The molecule has 5 aliphatic rings. The first kappa shape index (κ1) is 36.6. The largest absolute Gasteiger partial charge is 0.467 e. The minimum Gasteiger partial charge on any atom is -0.467 e. The molecule has 18 heteroatoms. The number of aliphatic hydroxyl groups excluding tert-OH is 1. The van der Waals surface area contributed by atoms with E-state index in [1.807, 2.05) is 4.90 Å². The molecule has 0 aliphatic carbocycles. The standard InChI is InChI=1S/C27H28ClF4N7O4.C7H12FN/c1-42-26-34-17-7-19(20-15(27(30,31)32)3-4-16(33)22(20)29)43-12-14(17)24(35-26)37-5-2-6-39-18(10-37)21(28)23(36-39)25(41)38-8-13(9-38)11-40;8-6-4-7-2-1-3-9(7)5-6/h3-4,13,19,40H,2,5-12,33H2,1H3;6-7H,1-5H2. The number of hydrogen-bond acceptors (Lipinski definition) is 10. The number of methoxy groups -OCH3 is 1. The molecule has 3 fully saturated rings. The normalized spacial score (nSPS) is 23.3. The summed E-state index contributed by atoms with van der Waals surface area (Å²) >= 11 is 6.70. The number of hydrogen-bond donors (Lipinski definition) is 2. The Balaban J connectivity index is 0.000000404. The number of aryl methyl sites for hydroxylation is 1. The number of halogens is 6. The van der Waals surface area contributed by atoms with Gasteiger partial charge in [-0.2, -0.15) is 28.2 Å². The molecule has 1 aromatic carbocycles. The number of anilines is 2. The Kier molecular flexibility index (Phi) is 10.2. The molecule has 12 nitrogen and oxygen atoms in total. The molecule has 0 bridgehead atoms. The van der Waals surface area contributed by atoms with E-state index >= 15 is 4.39 Å². The van der Waals surface area contributed by atoms with Gasteiger partial charge in [-0.05, 0) is 44.4 Å². The molecular formula is C34H40ClF5N8O4. The van der Waals surface area contributed by atoms with Gasteiger partial charge in [0.25, 0.3) is 5.91 Å². The van der Waals surface area contributed by atoms with Crippen molar-refractivity contribution in [3.63, 3.8) is 0 Å². The molecule has 3 atom stereocenters. The van der Waals surface area contributed by atoms with Gasteiger partial charge in [-0.1, -0.05) is 11.6 Å². The van der Waals surface area contributed by atoms with E-state index in [4.69, 9.17) is 26.8 Å². The Labute approximate surface area is 301 Å². The van der Waals surface area contributed by atoms with Gasteiger partial charge in [0.2, 0.25) is 0 Å². The second-order valence-corrected chi connectivity index (χ2v) is 14.3. The molecule has 5 aliphatic heterocycles. The van der Waals surface area contributed by atoms with Crippen LogP contribution in [0.1, 0.15) is 70.4 Å². The number of carbonyl (C=O) groups is 1. The predicted molar refractivity (Wildman–Crippen MR) is 179 cm³/mol. The number of fused-ring (bicyclic) bond motifs is 3. The molecular weight excluding hydrogens is 715 g/mol. The number of carbonyl (C=O) groups excluding carboxylic acids is 1. The maximum absolute atomic E-state index is 15.0. The minimum atomic E-state index is -4.83. The van der Waals surface area contributed by atoms with Gasteiger partial charge in [0.05, 0.1) is 54.0 Å². The number of likely N-dealkylation sites (tertiary alicyclic amines) is 1. The lowest BCUT2D eigenvalue weighted by Crippen LogP contribution is -2.51. The van der Waals surface area contributed by atoms with Crippen molar-refractivity contribution in [3.05, 3.63) is 56.7 Å². The molecule has 2 aromatic heterocycles. The highest BCUT2D eigenvalue weighted by Gasteiger charge is 2.41. The highest BCUT2D eigenvalue weighted by molar-refractivity contribution is 6.34. The van der Waals surface area contributed by atoms with Crippen LogP contribution >= 0.6 is 11.6 Å². The third-order valence-corrected chi connectivity index (χ3v) is 10.9. The van der Waals surface area contributed by atoms with E-state index in [0.717, 1.165) is 25.1 Å². The Morgan fingerprint density at radius 2 is 1.94 bits per heavy atom. The summed E-state index contributed by atoms with van der Waals surface area (Å²) in [4.78, 5) is 27.7. The van der Waals surface area contributed by atoms with Gasteiger partial charge in [0.15, 0.2) is 11.5 Å². The summed E-state index contributed by atoms with van der Waals surface area (Å²) < 4.78 is 81.9. The molecule has 3 aromatic rings. The number of nitrogens with zero attached hydrogens (tertiary/aromatic N) is 7. The van der Waals surface area contributed by atoms with Crippen LogP contribution in [0.2, 0.25) is 5.02 Å². The smallest absolute Gasteiger partial charge is 0.416 e. The number of alkyl halides is 4. The third-order valence-electron chi connectivity index (χ3n) is 10.5. The average Bonchev–Trinajstić information content (AvgIpc) is 3.71. The first-order valence-electron chi connectivity index (χ1n) is 17.3. The maximum atomic E-state index is 15.0. The zero-order chi connectivity index (χ0) is 36.9. The summed E-state index contributed by atoms with van der Waals surface area (Å²) in [6.07, 6.45) is -2.88. The second kappa shape index (κ2) is 14.6. The van der Waals surface area contributed by atoms with E-state index in [1.165, 1.54) is 20.0 Å². The van der Waals surface area contributed by atoms with Crippen molar-refractivity contribution in [1.29, 1.82) is 0 Å². The number of nitrogen functional groups attached to an aromatic ring is 1. The SMILES string of the molecule is COc1nc2c(c(N3CCCn4nc(C(=O)N5CC(CO)C5)c(Cl)c4C3)n1)COC(c1c(C(F)(F)F)ccc(N)c1F)C2.FC1CC2CCCN2C1. The molecule has 3 N–H and O–H groups in total. The Bertz CT molecular complexity index is 1810. The Hall–Kier alpha value is -3.80. The lowest BCUT2D eigenvalue weighted by molar-refractivity contribution is -0.140. The quantitative estimate of drug-likeness (QED) is 0.282. The molecule has 0 spiro atoms. The van der Waals surface area contributed by atoms with Crippen LogP contribution in [0.15, 0.2) is 12.1 Å². The topological polar surface area (TPSA) is 135 Å². The van der Waals surface area contributed by atoms with E-state index in [-0.39, 0.29) is 54.7 Å². The molecule has 1 amide bonds. The van der Waals surface area contributed by atoms with Crippen LogP contribution in [0.3, 0.4) is 0 Å². The molecule has 8 rings (SSSR count). The van der Waals surface area contributed by atoms with Gasteiger partial charge >= 0.3 is 12.2 Å². The Morgan fingerprint density at radius 3 is 2.65 bits per heavy atom. The van der Waals surface area contributed by atoms with Crippen LogP contribution < -0.4 is 15.4 Å². The van der Waals surface area contributed by atoms with Crippen LogP contribution in [-0.2, 0) is 37.0 Å². The van der Waals surface area contributed by atoms with Crippen molar-refractivity contribution >= 4 is 29.0 Å². The lowest BCUT2D eigenvalue weighted by Gasteiger charge is -2.37. The van der Waals surface area contributed by atoms with Crippen molar-refractivity contribution < 1.29 is 41.3 Å². The fraction of sp³-hybridized carbons (Fsp3) is 0.588. The van der Waals surface area contributed by atoms with Gasteiger partial charge in [-0.25, -0.2) is 8.78 Å².